The second-order valence-electron chi connectivity index (χ2n) is 18.6. The van der Waals surface area contributed by atoms with E-state index >= 15 is 0 Å². The minimum absolute atomic E-state index is 0.0190. The molecule has 1 aromatic carbocycles. The third kappa shape index (κ3) is 21.7. The number of ether oxygens (including phenoxy) is 6. The number of methoxy groups -OCH3 is 2. The first kappa shape index (κ1) is 55.9. The van der Waals surface area contributed by atoms with E-state index in [9.17, 15) is 24.7 Å². The summed E-state index contributed by atoms with van der Waals surface area (Å²) >= 11 is 0. The number of hydrogen-bond acceptors (Lipinski definition) is 13. The van der Waals surface area contributed by atoms with Crippen LogP contribution in [0.1, 0.15) is 86.6 Å². The average Bonchev–Trinajstić information content (AvgIpc) is 3.49. The van der Waals surface area contributed by atoms with Crippen LogP contribution in [0.2, 0.25) is 25.7 Å². The van der Waals surface area contributed by atoms with E-state index in [0.717, 1.165) is 28.5 Å². The van der Waals surface area contributed by atoms with Crippen LogP contribution < -0.4 is 4.74 Å². The van der Waals surface area contributed by atoms with Gasteiger partial charge in [0.1, 0.15) is 24.8 Å². The molecule has 15 heteroatoms. The highest BCUT2D eigenvalue weighted by Gasteiger charge is 2.37. The molecule has 0 heterocycles. The highest BCUT2D eigenvalue weighted by molar-refractivity contribution is 7.54. The van der Waals surface area contributed by atoms with Gasteiger partial charge in [-0.2, -0.15) is 0 Å². The fourth-order valence-corrected chi connectivity index (χ4v) is 9.95. The molecule has 62 heavy (non-hydrogen) atoms. The molecule has 1 unspecified atom stereocenters. The van der Waals surface area contributed by atoms with Crippen LogP contribution in [-0.4, -0.2) is 119 Å². The fourth-order valence-electron chi connectivity index (χ4n) is 7.32. The normalized spacial score (nSPS) is 21.0. The van der Waals surface area contributed by atoms with E-state index in [4.69, 9.17) is 37.5 Å². The van der Waals surface area contributed by atoms with Gasteiger partial charge in [0.2, 0.25) is 0 Å². The topological polar surface area (TPSA) is 169 Å². The summed E-state index contributed by atoms with van der Waals surface area (Å²) in [5, 5.41) is 30.9. The van der Waals surface area contributed by atoms with E-state index in [1.165, 1.54) is 0 Å². The Bertz CT molecular complexity index is 1550. The van der Waals surface area contributed by atoms with Gasteiger partial charge in [-0.15, -0.1) is 0 Å². The van der Waals surface area contributed by atoms with Crippen LogP contribution in [0.4, 0.5) is 0 Å². The summed E-state index contributed by atoms with van der Waals surface area (Å²) in [6.45, 7) is 22.8. The lowest BCUT2D eigenvalue weighted by Crippen LogP contribution is -2.39. The van der Waals surface area contributed by atoms with Gasteiger partial charge in [0.25, 0.3) is 0 Å². The molecule has 0 aliphatic heterocycles. The summed E-state index contributed by atoms with van der Waals surface area (Å²) in [7, 11) is -1.98. The third-order valence-electron chi connectivity index (χ3n) is 10.9. The molecule has 3 N–H and O–H groups in total. The highest BCUT2D eigenvalue weighted by atomic mass is 31.2. The summed E-state index contributed by atoms with van der Waals surface area (Å²) in [5.41, 5.74) is 2.71. The van der Waals surface area contributed by atoms with Gasteiger partial charge in [0.15, 0.2) is 0 Å². The first-order chi connectivity index (χ1) is 29.1. The van der Waals surface area contributed by atoms with E-state index in [1.807, 2.05) is 76.3 Å². The van der Waals surface area contributed by atoms with Crippen molar-refractivity contribution in [2.24, 2.45) is 17.8 Å². The minimum Gasteiger partial charge on any atom is -0.497 e. The van der Waals surface area contributed by atoms with Crippen LogP contribution in [0, 0.1) is 17.8 Å². The van der Waals surface area contributed by atoms with Gasteiger partial charge >= 0.3 is 13.6 Å². The van der Waals surface area contributed by atoms with Crippen LogP contribution in [-0.2, 0) is 48.7 Å². The lowest BCUT2D eigenvalue weighted by Gasteiger charge is -2.33. The number of carbonyl (C=O) groups excluding carboxylic acids is 1. The van der Waals surface area contributed by atoms with Crippen LogP contribution in [0.15, 0.2) is 59.7 Å². The first-order valence-corrected chi connectivity index (χ1v) is 27.6. The maximum atomic E-state index is 13.8. The van der Waals surface area contributed by atoms with Crippen molar-refractivity contribution in [3.05, 3.63) is 65.3 Å². The Labute approximate surface area is 374 Å². The highest BCUT2D eigenvalue weighted by Crippen LogP contribution is 2.50. The Morgan fingerprint density at radius 1 is 0.919 bits per heavy atom. The summed E-state index contributed by atoms with van der Waals surface area (Å²) in [4.78, 5) is 13.8. The number of aliphatic hydroxyl groups excluding tert-OH is 3. The van der Waals surface area contributed by atoms with Gasteiger partial charge in [-0.1, -0.05) is 69.9 Å². The minimum atomic E-state index is -3.87. The second-order valence-corrected chi connectivity index (χ2v) is 26.2. The smallest absolute Gasteiger partial charge is 0.342 e. The third-order valence-corrected chi connectivity index (χ3v) is 14.8. The van der Waals surface area contributed by atoms with Gasteiger partial charge in [0.05, 0.1) is 63.1 Å². The van der Waals surface area contributed by atoms with E-state index in [-0.39, 0.29) is 25.0 Å². The molecule has 0 amide bonds. The SMILES string of the molecule is COc1ccc(COC/C=C(\C)[C@H](OC)[C@@H](C)[C@H](C[C@H](OCOCC[Si](C)(C)C)/C(C)=C/C=C/[C@@H](C)[C@H](O)CC2C[C@@H](O)[C@@H](O)C2)OC(=O)CP(=O)(OC(C)C)OC(C)C)cc1. The molecule has 356 valence electrons. The zero-order valence-corrected chi connectivity index (χ0v) is 41.8. The maximum Gasteiger partial charge on any atom is 0.342 e. The Morgan fingerprint density at radius 3 is 2.08 bits per heavy atom. The predicted octanol–water partition coefficient (Wildman–Crippen LogP) is 8.87. The van der Waals surface area contributed by atoms with Gasteiger partial charge in [0, 0.05) is 40.0 Å². The molecular formula is C47H81O13PSi. The molecule has 0 bridgehead atoms. The second kappa shape index (κ2) is 28.0. The molecular weight excluding hydrogens is 832 g/mol. The largest absolute Gasteiger partial charge is 0.497 e. The molecule has 1 fully saturated rings. The van der Waals surface area contributed by atoms with Crippen LogP contribution in [0.25, 0.3) is 0 Å². The van der Waals surface area contributed by atoms with Crippen molar-refractivity contribution in [3.8, 4) is 5.75 Å². The number of allylic oxidation sites excluding steroid dienone is 2. The van der Waals surface area contributed by atoms with Crippen molar-refractivity contribution in [1.82, 2.24) is 0 Å². The quantitative estimate of drug-likeness (QED) is 0.0127. The lowest BCUT2D eigenvalue weighted by atomic mass is 9.88. The summed E-state index contributed by atoms with van der Waals surface area (Å²) in [6.07, 6.45) is 3.84. The molecule has 13 nitrogen and oxygen atoms in total. The summed E-state index contributed by atoms with van der Waals surface area (Å²) in [6, 6.07) is 8.65. The molecule has 1 aliphatic rings. The number of rotatable bonds is 30. The van der Waals surface area contributed by atoms with Crippen molar-refractivity contribution in [3.63, 3.8) is 0 Å². The van der Waals surface area contributed by atoms with E-state index in [1.54, 1.807) is 41.9 Å². The standard InChI is InChI=1S/C47H81O13PSi/c1-32(2)59-61(52,60-33(3)4)30-46(51)58-45(37(8)47(54-10)36(7)21-22-55-29-38-17-19-40(53-9)20-18-38)28-44(57-31-56-23-24-62(11,12)13)35(6)16-14-15-34(5)41(48)25-39-26-42(49)43(50)27-39/h14-21,32-34,37,39,41-45,47-50H,22-31H2,1-13H3/b15-14+,35-16+,36-21+/t34-,37+,39?,41-,42-,43+,44+,45+,47+/m1/s1. The molecule has 0 spiro atoms. The van der Waals surface area contributed by atoms with Crippen LogP contribution in [0.3, 0.4) is 0 Å². The Balaban J connectivity index is 2.41. The predicted molar refractivity (Wildman–Crippen MR) is 247 cm³/mol. The Hall–Kier alpha value is -2.20. The monoisotopic (exact) mass is 913 g/mol. The van der Waals surface area contributed by atoms with E-state index in [0.29, 0.717) is 39.1 Å². The molecule has 1 aromatic rings. The average molecular weight is 913 g/mol. The van der Waals surface area contributed by atoms with Gasteiger partial charge in [-0.25, -0.2) is 0 Å². The Kier molecular flexibility index (Phi) is 25.2. The van der Waals surface area contributed by atoms with Crippen molar-refractivity contribution in [1.29, 1.82) is 0 Å². The summed E-state index contributed by atoms with van der Waals surface area (Å²) < 4.78 is 61.2. The van der Waals surface area contributed by atoms with Gasteiger partial charge in [-0.3, -0.25) is 9.36 Å². The van der Waals surface area contributed by atoms with Gasteiger partial charge < -0.3 is 52.8 Å². The number of esters is 1. The number of aliphatic hydroxyl groups is 3. The molecule has 0 radical (unpaired) electrons. The number of carbonyl (C=O) groups is 1. The molecule has 1 aliphatic carbocycles. The molecule has 1 saturated carbocycles. The molecule has 2 rings (SSSR count). The number of hydrogen-bond donors (Lipinski definition) is 3. The van der Waals surface area contributed by atoms with E-state index < -0.39 is 82.6 Å². The van der Waals surface area contributed by atoms with Crippen molar-refractivity contribution in [2.45, 2.75) is 162 Å². The zero-order valence-electron chi connectivity index (χ0n) is 39.9. The van der Waals surface area contributed by atoms with Crippen LogP contribution in [0.5, 0.6) is 5.75 Å². The molecule has 0 aromatic heterocycles. The van der Waals surface area contributed by atoms with Crippen molar-refractivity contribution < 1.29 is 62.1 Å². The van der Waals surface area contributed by atoms with Crippen LogP contribution >= 0.6 is 7.60 Å². The molecule has 0 saturated heterocycles. The fraction of sp³-hybridized carbons (Fsp3) is 0.723. The van der Waals surface area contributed by atoms with Gasteiger partial charge in [-0.05, 0) is 102 Å². The van der Waals surface area contributed by atoms with E-state index in [2.05, 4.69) is 19.6 Å². The summed E-state index contributed by atoms with van der Waals surface area (Å²) in [5.74, 6) is -0.520. The molecule has 9 atom stereocenters. The van der Waals surface area contributed by atoms with Crippen molar-refractivity contribution in [2.75, 3.05) is 40.4 Å². The first-order valence-electron chi connectivity index (χ1n) is 22.2. The zero-order chi connectivity index (χ0) is 46.6. The number of benzene rings is 1. The lowest BCUT2D eigenvalue weighted by molar-refractivity contribution is -0.155. The Morgan fingerprint density at radius 2 is 1.53 bits per heavy atom. The maximum absolute atomic E-state index is 13.8. The van der Waals surface area contributed by atoms with Crippen molar-refractivity contribution >= 4 is 21.6 Å².